The second kappa shape index (κ2) is 4.52. The maximum absolute atomic E-state index is 12.7. The Kier molecular flexibility index (Phi) is 3.25. The van der Waals surface area contributed by atoms with E-state index in [1.807, 2.05) is 20.8 Å². The van der Waals surface area contributed by atoms with Gasteiger partial charge in [0.05, 0.1) is 5.97 Å². The summed E-state index contributed by atoms with van der Waals surface area (Å²) >= 11 is 0. The second-order valence-electron chi connectivity index (χ2n) is 5.94. The minimum atomic E-state index is -1.26. The summed E-state index contributed by atoms with van der Waals surface area (Å²) in [6.07, 6.45) is 3.10. The summed E-state index contributed by atoms with van der Waals surface area (Å²) in [5.41, 5.74) is -0.573. The predicted molar refractivity (Wildman–Crippen MR) is 70.4 cm³/mol. The zero-order valence-corrected chi connectivity index (χ0v) is 12.0. The number of hydrogen-bond donors (Lipinski definition) is 0. The molecule has 7 nitrogen and oxygen atoms in total. The number of carboxylic acid groups (broad SMARTS) is 1. The molecule has 0 N–H and O–H groups in total. The molecule has 20 heavy (non-hydrogen) atoms. The van der Waals surface area contributed by atoms with E-state index in [9.17, 15) is 14.7 Å². The summed E-state index contributed by atoms with van der Waals surface area (Å²) in [5, 5.41) is 11.2. The number of urea groups is 1. The third-order valence-corrected chi connectivity index (χ3v) is 3.85. The van der Waals surface area contributed by atoms with Gasteiger partial charge in [0.15, 0.2) is 0 Å². The van der Waals surface area contributed by atoms with E-state index in [1.54, 1.807) is 18.5 Å². The van der Waals surface area contributed by atoms with Crippen LogP contribution in [0.2, 0.25) is 0 Å². The van der Waals surface area contributed by atoms with Gasteiger partial charge in [-0.2, -0.15) is 14.5 Å². The Morgan fingerprint density at radius 1 is 1.40 bits per heavy atom. The molecule has 2 atom stereocenters. The Morgan fingerprint density at radius 3 is 2.35 bits per heavy atom. The summed E-state index contributed by atoms with van der Waals surface area (Å²) in [4.78, 5) is 33.5. The van der Waals surface area contributed by atoms with E-state index in [-0.39, 0.29) is 17.1 Å². The maximum atomic E-state index is 12.7. The highest BCUT2D eigenvalue weighted by molar-refractivity contribution is 5.94. The highest BCUT2D eigenvalue weighted by atomic mass is 16.4. The van der Waals surface area contributed by atoms with Crippen molar-refractivity contribution >= 4 is 17.9 Å². The fraction of sp³-hybridized carbons (Fsp3) is 0.538. The van der Waals surface area contributed by atoms with Crippen LogP contribution in [-0.2, 0) is 4.79 Å². The smallest absolute Gasteiger partial charge is 0.427 e. The first-order valence-electron chi connectivity index (χ1n) is 6.36. The monoisotopic (exact) mass is 278 g/mol. The number of carboxylic acids is 1. The Labute approximate surface area is 117 Å². The van der Waals surface area contributed by atoms with E-state index in [0.29, 0.717) is 5.95 Å². The van der Waals surface area contributed by atoms with Crippen LogP contribution < -0.4 is 9.59 Å². The summed E-state index contributed by atoms with van der Waals surface area (Å²) in [5.74, 6) is -0.957. The fourth-order valence-corrected chi connectivity index (χ4v) is 2.61. The zero-order valence-electron chi connectivity index (χ0n) is 12.0. The van der Waals surface area contributed by atoms with Gasteiger partial charge < -0.3 is 9.90 Å². The third-order valence-electron chi connectivity index (χ3n) is 3.85. The van der Waals surface area contributed by atoms with E-state index < -0.39 is 17.6 Å². The lowest BCUT2D eigenvalue weighted by Gasteiger charge is -2.39. The van der Waals surface area contributed by atoms with Gasteiger partial charge >= 0.3 is 12.0 Å². The Bertz CT molecular complexity index is 540. The molecule has 2 unspecified atom stereocenters. The average molecular weight is 278 g/mol. The van der Waals surface area contributed by atoms with Crippen LogP contribution >= 0.6 is 0 Å². The normalized spacial score (nSPS) is 26.9. The second-order valence-corrected chi connectivity index (χ2v) is 5.94. The molecule has 7 heteroatoms. The van der Waals surface area contributed by atoms with Crippen molar-refractivity contribution < 1.29 is 14.7 Å². The average Bonchev–Trinajstić information content (AvgIpc) is 2.64. The number of carbonyl (C=O) groups excluding carboxylic acids is 2. The topological polar surface area (TPSA) is 86.2 Å². The molecule has 1 aliphatic rings. The van der Waals surface area contributed by atoms with Gasteiger partial charge in [-0.3, -0.25) is 4.90 Å². The number of carbonyl (C=O) groups is 2. The van der Waals surface area contributed by atoms with Gasteiger partial charge in [0.25, 0.3) is 0 Å². The molecular formula is C13H18N4O3. The van der Waals surface area contributed by atoms with E-state index in [4.69, 9.17) is 0 Å². The largest absolute Gasteiger partial charge is 0.548 e. The molecule has 1 aromatic heterocycles. The van der Waals surface area contributed by atoms with E-state index >= 15 is 0 Å². The van der Waals surface area contributed by atoms with Gasteiger partial charge in [0, 0.05) is 19.4 Å². The van der Waals surface area contributed by atoms with Crippen molar-refractivity contribution in [1.82, 2.24) is 19.4 Å². The van der Waals surface area contributed by atoms with Crippen LogP contribution in [0.1, 0.15) is 20.8 Å². The van der Waals surface area contributed by atoms with Gasteiger partial charge in [-0.25, -0.2) is 4.79 Å². The summed E-state index contributed by atoms with van der Waals surface area (Å²) in [6.45, 7) is 5.66. The van der Waals surface area contributed by atoms with Crippen molar-refractivity contribution in [2.45, 2.75) is 32.4 Å². The van der Waals surface area contributed by atoms with Gasteiger partial charge in [0.1, 0.15) is 18.1 Å². The molecule has 0 saturated carbocycles. The van der Waals surface area contributed by atoms with Gasteiger partial charge in [-0.1, -0.05) is 0 Å². The quantitative estimate of drug-likeness (QED) is 0.697. The minimum absolute atomic E-state index is 0.0607. The first-order valence-corrected chi connectivity index (χ1v) is 6.36. The van der Waals surface area contributed by atoms with Crippen LogP contribution in [0.5, 0.6) is 0 Å². The van der Waals surface area contributed by atoms with Crippen molar-refractivity contribution in [2.75, 3.05) is 13.6 Å². The van der Waals surface area contributed by atoms with Crippen LogP contribution in [0.25, 0.3) is 0 Å². The summed E-state index contributed by atoms with van der Waals surface area (Å²) < 4.78 is -0.233. The lowest BCUT2D eigenvalue weighted by molar-refractivity contribution is -0.309. The van der Waals surface area contributed by atoms with E-state index in [0.717, 1.165) is 0 Å². The molecule has 0 aromatic carbocycles. The summed E-state index contributed by atoms with van der Waals surface area (Å²) in [7, 11) is 1.47. The van der Waals surface area contributed by atoms with Crippen molar-refractivity contribution in [3.8, 4) is 0 Å². The molecule has 1 aliphatic heterocycles. The zero-order chi connectivity index (χ0) is 15.1. The van der Waals surface area contributed by atoms with Crippen LogP contribution in [0.3, 0.4) is 0 Å². The molecule has 1 saturated heterocycles. The predicted octanol–water partition coefficient (Wildman–Crippen LogP) is -0.234. The van der Waals surface area contributed by atoms with E-state index in [1.165, 1.54) is 11.9 Å². The van der Waals surface area contributed by atoms with Gasteiger partial charge in [0.2, 0.25) is 0 Å². The number of aromatic nitrogens is 2. The summed E-state index contributed by atoms with van der Waals surface area (Å²) in [6, 6.07) is 0.340. The number of aliphatic carboxylic acids is 1. The van der Waals surface area contributed by atoms with Crippen molar-refractivity contribution in [3.05, 3.63) is 18.5 Å². The number of quaternary nitrogens is 1. The first kappa shape index (κ1) is 14.4. The molecular weight excluding hydrogens is 260 g/mol. The van der Waals surface area contributed by atoms with E-state index in [2.05, 4.69) is 9.97 Å². The number of likely N-dealkylation sites (N-methyl/N-ethyl adjacent to an activating group) is 1. The fourth-order valence-electron chi connectivity index (χ4n) is 2.61. The molecule has 0 spiro atoms. The number of amides is 2. The maximum Gasteiger partial charge on any atom is 0.427 e. The highest BCUT2D eigenvalue weighted by Crippen LogP contribution is 2.37. The molecule has 2 rings (SSSR count). The lowest BCUT2D eigenvalue weighted by atomic mass is 10.0. The van der Waals surface area contributed by atoms with Crippen molar-refractivity contribution in [1.29, 1.82) is 0 Å². The molecule has 0 bridgehead atoms. The number of rotatable bonds is 2. The van der Waals surface area contributed by atoms with Crippen LogP contribution in [0.15, 0.2) is 18.5 Å². The molecule has 1 fully saturated rings. The highest BCUT2D eigenvalue weighted by Gasteiger charge is 2.61. The SMILES string of the molecule is CN1C(=O)[N+](c2ncccn2)(C(C)(C)C)CC1C(=O)[O-]. The molecule has 0 aliphatic carbocycles. The standard InChI is InChI=1S/C13H18N4O3/c1-13(2,3)17(11-14-6-5-7-15-11)8-9(10(18)19)16(4)12(17)20/h5-7,9H,8H2,1-4H3. The van der Waals surface area contributed by atoms with Crippen LogP contribution in [0, 0.1) is 0 Å². The van der Waals surface area contributed by atoms with Gasteiger partial charge in [-0.15, -0.1) is 0 Å². The molecule has 2 heterocycles. The third kappa shape index (κ3) is 1.85. The van der Waals surface area contributed by atoms with Crippen LogP contribution in [-0.4, -0.2) is 52.0 Å². The van der Waals surface area contributed by atoms with Crippen molar-refractivity contribution in [2.24, 2.45) is 0 Å². The lowest BCUT2D eigenvalue weighted by Crippen LogP contribution is -2.64. The van der Waals surface area contributed by atoms with Crippen LogP contribution in [0.4, 0.5) is 10.7 Å². The minimum Gasteiger partial charge on any atom is -0.548 e. The van der Waals surface area contributed by atoms with Crippen molar-refractivity contribution in [3.63, 3.8) is 0 Å². The first-order chi connectivity index (χ1) is 9.22. The number of hydrogen-bond acceptors (Lipinski definition) is 5. The number of nitrogens with zero attached hydrogens (tertiary/aromatic N) is 4. The Balaban J connectivity index is 2.62. The Morgan fingerprint density at radius 2 is 1.95 bits per heavy atom. The molecule has 1 aromatic rings. The molecule has 2 amide bonds. The molecule has 0 radical (unpaired) electrons. The molecule has 108 valence electrons. The van der Waals surface area contributed by atoms with Gasteiger partial charge in [-0.05, 0) is 26.8 Å². The Hall–Kier alpha value is -2.02.